The highest BCUT2D eigenvalue weighted by Gasteiger charge is 2.10. The van der Waals surface area contributed by atoms with Crippen LogP contribution in [-0.4, -0.2) is 9.97 Å². The van der Waals surface area contributed by atoms with E-state index in [1.165, 1.54) is 0 Å². The van der Waals surface area contributed by atoms with Crippen LogP contribution in [0.25, 0.3) is 11.4 Å². The molecule has 0 aliphatic heterocycles. The summed E-state index contributed by atoms with van der Waals surface area (Å²) in [5.74, 6) is 1.05. The van der Waals surface area contributed by atoms with Gasteiger partial charge in [0.1, 0.15) is 5.82 Å². The summed E-state index contributed by atoms with van der Waals surface area (Å²) < 4.78 is 0.769. The van der Waals surface area contributed by atoms with Crippen LogP contribution in [0.5, 0.6) is 0 Å². The zero-order chi connectivity index (χ0) is 12.4. The molecule has 0 saturated heterocycles. The first kappa shape index (κ1) is 12.3. The molecule has 1 heterocycles. The molecule has 0 saturated carbocycles. The molecule has 0 spiro atoms. The summed E-state index contributed by atoms with van der Waals surface area (Å²) in [6.45, 7) is 2.02. The van der Waals surface area contributed by atoms with E-state index in [-0.39, 0.29) is 0 Å². The highest BCUT2D eigenvalue weighted by molar-refractivity contribution is 9.10. The van der Waals surface area contributed by atoms with Gasteiger partial charge < -0.3 is 5.73 Å². The highest BCUT2D eigenvalue weighted by Crippen LogP contribution is 2.26. The standard InChI is InChI=1S/C12H11BrClN3/c1-2-9-10(13)11(15)17-12(16-9)7-4-3-5-8(14)6-7/h3-6H,2H2,1H3,(H2,15,16,17). The number of nitrogen functional groups attached to an aromatic ring is 1. The topological polar surface area (TPSA) is 51.8 Å². The number of halogens is 2. The molecular weight excluding hydrogens is 302 g/mol. The van der Waals surface area contributed by atoms with Crippen LogP contribution in [0, 0.1) is 0 Å². The number of anilines is 1. The van der Waals surface area contributed by atoms with Gasteiger partial charge >= 0.3 is 0 Å². The van der Waals surface area contributed by atoms with Gasteiger partial charge in [-0.25, -0.2) is 9.97 Å². The number of benzene rings is 1. The minimum Gasteiger partial charge on any atom is -0.383 e. The average Bonchev–Trinajstić information content (AvgIpc) is 2.32. The second-order valence-corrected chi connectivity index (χ2v) is 4.79. The molecule has 2 aromatic rings. The molecule has 0 amide bonds. The van der Waals surface area contributed by atoms with Crippen molar-refractivity contribution in [1.82, 2.24) is 9.97 Å². The van der Waals surface area contributed by atoms with E-state index in [1.807, 2.05) is 31.2 Å². The molecule has 1 aromatic carbocycles. The third-order valence-electron chi connectivity index (χ3n) is 2.36. The molecule has 0 atom stereocenters. The number of aryl methyl sites for hydroxylation is 1. The van der Waals surface area contributed by atoms with Gasteiger partial charge in [0, 0.05) is 10.6 Å². The van der Waals surface area contributed by atoms with Crippen molar-refractivity contribution in [2.45, 2.75) is 13.3 Å². The largest absolute Gasteiger partial charge is 0.383 e. The van der Waals surface area contributed by atoms with Crippen LogP contribution in [0.3, 0.4) is 0 Å². The molecule has 0 aliphatic carbocycles. The molecule has 0 fully saturated rings. The second kappa shape index (κ2) is 5.02. The van der Waals surface area contributed by atoms with E-state index in [4.69, 9.17) is 17.3 Å². The van der Waals surface area contributed by atoms with Gasteiger partial charge in [-0.05, 0) is 34.5 Å². The third kappa shape index (κ3) is 2.58. The first-order chi connectivity index (χ1) is 8.11. The maximum absolute atomic E-state index is 5.94. The summed E-state index contributed by atoms with van der Waals surface area (Å²) in [6.07, 6.45) is 0.793. The lowest BCUT2D eigenvalue weighted by atomic mass is 10.2. The van der Waals surface area contributed by atoms with E-state index in [0.717, 1.165) is 22.2 Å². The summed E-state index contributed by atoms with van der Waals surface area (Å²) in [5, 5.41) is 0.658. The Hall–Kier alpha value is -1.13. The van der Waals surface area contributed by atoms with Crippen LogP contribution in [0.15, 0.2) is 28.7 Å². The zero-order valence-corrected chi connectivity index (χ0v) is 11.6. The summed E-state index contributed by atoms with van der Waals surface area (Å²) in [6, 6.07) is 7.41. The fourth-order valence-electron chi connectivity index (χ4n) is 1.50. The van der Waals surface area contributed by atoms with Gasteiger partial charge in [0.25, 0.3) is 0 Å². The second-order valence-electron chi connectivity index (χ2n) is 3.56. The molecule has 2 N–H and O–H groups in total. The minimum absolute atomic E-state index is 0.451. The highest BCUT2D eigenvalue weighted by atomic mass is 79.9. The SMILES string of the molecule is CCc1nc(-c2cccc(Cl)c2)nc(N)c1Br. The van der Waals surface area contributed by atoms with Crippen molar-refractivity contribution in [2.75, 3.05) is 5.73 Å². The Morgan fingerprint density at radius 3 is 2.76 bits per heavy atom. The Morgan fingerprint density at radius 2 is 2.12 bits per heavy atom. The Bertz CT molecular complexity index is 557. The number of hydrogen-bond donors (Lipinski definition) is 1. The van der Waals surface area contributed by atoms with Gasteiger partial charge in [0.2, 0.25) is 0 Å². The van der Waals surface area contributed by atoms with Crippen LogP contribution in [0.4, 0.5) is 5.82 Å². The summed E-state index contributed by atoms with van der Waals surface area (Å²) in [4.78, 5) is 8.72. The zero-order valence-electron chi connectivity index (χ0n) is 9.24. The average molecular weight is 313 g/mol. The van der Waals surface area contributed by atoms with Crippen molar-refractivity contribution in [3.05, 3.63) is 39.5 Å². The fraction of sp³-hybridized carbons (Fsp3) is 0.167. The predicted molar refractivity (Wildman–Crippen MR) is 74.0 cm³/mol. The molecule has 88 valence electrons. The smallest absolute Gasteiger partial charge is 0.161 e. The van der Waals surface area contributed by atoms with E-state index in [2.05, 4.69) is 25.9 Å². The van der Waals surface area contributed by atoms with Crippen molar-refractivity contribution in [1.29, 1.82) is 0 Å². The van der Waals surface area contributed by atoms with Crippen molar-refractivity contribution in [3.8, 4) is 11.4 Å². The van der Waals surface area contributed by atoms with Crippen LogP contribution < -0.4 is 5.73 Å². The monoisotopic (exact) mass is 311 g/mol. The first-order valence-corrected chi connectivity index (χ1v) is 6.36. The molecule has 0 bridgehead atoms. The number of rotatable bonds is 2. The quantitative estimate of drug-likeness (QED) is 0.920. The summed E-state index contributed by atoms with van der Waals surface area (Å²) in [5.41, 5.74) is 7.60. The molecule has 17 heavy (non-hydrogen) atoms. The lowest BCUT2D eigenvalue weighted by molar-refractivity contribution is 0.996. The molecule has 0 unspecified atom stereocenters. The summed E-state index contributed by atoms with van der Waals surface area (Å²) >= 11 is 9.33. The predicted octanol–water partition coefficient (Wildman–Crippen LogP) is 3.70. The van der Waals surface area contributed by atoms with Crippen LogP contribution >= 0.6 is 27.5 Å². The number of aromatic nitrogens is 2. The molecule has 3 nitrogen and oxygen atoms in total. The van der Waals surface area contributed by atoms with Gasteiger partial charge in [-0.3, -0.25) is 0 Å². The third-order valence-corrected chi connectivity index (χ3v) is 3.46. The van der Waals surface area contributed by atoms with Crippen molar-refractivity contribution in [3.63, 3.8) is 0 Å². The van der Waals surface area contributed by atoms with Gasteiger partial charge in [-0.2, -0.15) is 0 Å². The molecule has 2 rings (SSSR count). The Balaban J connectivity index is 2.56. The van der Waals surface area contributed by atoms with E-state index in [9.17, 15) is 0 Å². The van der Waals surface area contributed by atoms with Crippen molar-refractivity contribution < 1.29 is 0 Å². The first-order valence-electron chi connectivity index (χ1n) is 5.19. The number of nitrogens with zero attached hydrogens (tertiary/aromatic N) is 2. The van der Waals surface area contributed by atoms with E-state index in [0.29, 0.717) is 16.7 Å². The van der Waals surface area contributed by atoms with Crippen LogP contribution in [0.2, 0.25) is 5.02 Å². The van der Waals surface area contributed by atoms with E-state index in [1.54, 1.807) is 0 Å². The minimum atomic E-state index is 0.451. The normalized spacial score (nSPS) is 10.5. The molecule has 1 aromatic heterocycles. The van der Waals surface area contributed by atoms with E-state index >= 15 is 0 Å². The Morgan fingerprint density at radius 1 is 1.35 bits per heavy atom. The Labute approximate surface area is 113 Å². The van der Waals surface area contributed by atoms with Gasteiger partial charge in [-0.15, -0.1) is 0 Å². The maximum atomic E-state index is 5.94. The lowest BCUT2D eigenvalue weighted by Gasteiger charge is -2.07. The van der Waals surface area contributed by atoms with Crippen molar-refractivity contribution >= 4 is 33.3 Å². The number of hydrogen-bond acceptors (Lipinski definition) is 3. The molecule has 0 aliphatic rings. The Kier molecular flexibility index (Phi) is 3.64. The molecule has 5 heteroatoms. The van der Waals surface area contributed by atoms with Gasteiger partial charge in [0.15, 0.2) is 5.82 Å². The molecular formula is C12H11BrClN3. The van der Waals surface area contributed by atoms with E-state index < -0.39 is 0 Å². The number of nitrogens with two attached hydrogens (primary N) is 1. The lowest BCUT2D eigenvalue weighted by Crippen LogP contribution is -2.02. The molecule has 0 radical (unpaired) electrons. The van der Waals surface area contributed by atoms with Crippen LogP contribution in [-0.2, 0) is 6.42 Å². The van der Waals surface area contributed by atoms with Gasteiger partial charge in [0.05, 0.1) is 10.2 Å². The fourth-order valence-corrected chi connectivity index (χ4v) is 2.15. The van der Waals surface area contributed by atoms with Crippen LogP contribution in [0.1, 0.15) is 12.6 Å². The van der Waals surface area contributed by atoms with Gasteiger partial charge in [-0.1, -0.05) is 30.7 Å². The van der Waals surface area contributed by atoms with Crippen molar-refractivity contribution in [2.24, 2.45) is 0 Å². The summed E-state index contributed by atoms with van der Waals surface area (Å²) in [7, 11) is 0. The maximum Gasteiger partial charge on any atom is 0.161 e.